The molecule has 1 atom stereocenters. The van der Waals surface area contributed by atoms with Gasteiger partial charge in [-0.1, -0.05) is 0 Å². The SMILES string of the molecule is CC(Sc1ccc(F)cc1F)C(=O)N1CC(=O)Nc2cc(C(F)(F)F)ccc21. The molecule has 1 unspecified atom stereocenters. The summed E-state index contributed by atoms with van der Waals surface area (Å²) in [6.45, 7) is 1.08. The zero-order valence-corrected chi connectivity index (χ0v) is 15.1. The van der Waals surface area contributed by atoms with Crippen LogP contribution in [0.4, 0.5) is 33.3 Å². The number of nitrogens with zero attached hydrogens (tertiary/aromatic N) is 1. The number of hydrogen-bond donors (Lipinski definition) is 1. The second kappa shape index (κ2) is 7.42. The summed E-state index contributed by atoms with van der Waals surface area (Å²) in [7, 11) is 0. The highest BCUT2D eigenvalue weighted by Crippen LogP contribution is 2.38. The van der Waals surface area contributed by atoms with Crippen LogP contribution in [-0.2, 0) is 15.8 Å². The number of amides is 2. The lowest BCUT2D eigenvalue weighted by molar-refractivity contribution is -0.137. The van der Waals surface area contributed by atoms with E-state index in [4.69, 9.17) is 0 Å². The van der Waals surface area contributed by atoms with Crippen LogP contribution >= 0.6 is 11.8 Å². The summed E-state index contributed by atoms with van der Waals surface area (Å²) >= 11 is 0.819. The molecule has 0 bridgehead atoms. The molecule has 4 nitrogen and oxygen atoms in total. The minimum Gasteiger partial charge on any atom is -0.323 e. The van der Waals surface area contributed by atoms with Gasteiger partial charge in [-0.3, -0.25) is 14.5 Å². The number of anilines is 2. The standard InChI is InChI=1S/C18H13F5N2O2S/c1-9(28-15-5-3-11(19)7-12(15)20)17(27)25-8-16(26)24-13-6-10(18(21,22)23)2-4-14(13)25/h2-7,9H,8H2,1H3,(H,24,26). The molecule has 0 saturated heterocycles. The number of fused-ring (bicyclic) bond motifs is 1. The third-order valence-electron chi connectivity index (χ3n) is 4.00. The molecule has 0 fully saturated rings. The molecule has 1 N–H and O–H groups in total. The minimum absolute atomic E-state index is 0.0383. The van der Waals surface area contributed by atoms with Gasteiger partial charge in [-0.15, -0.1) is 11.8 Å². The second-order valence-corrected chi connectivity index (χ2v) is 7.42. The predicted molar refractivity (Wildman–Crippen MR) is 94.1 cm³/mol. The Bertz CT molecular complexity index is 948. The van der Waals surface area contributed by atoms with E-state index in [1.165, 1.54) is 13.0 Å². The Morgan fingerprint density at radius 3 is 2.54 bits per heavy atom. The monoisotopic (exact) mass is 416 g/mol. The van der Waals surface area contributed by atoms with Crippen LogP contribution in [0.25, 0.3) is 0 Å². The summed E-state index contributed by atoms with van der Waals surface area (Å²) < 4.78 is 65.5. The van der Waals surface area contributed by atoms with Crippen molar-refractivity contribution >= 4 is 35.0 Å². The largest absolute Gasteiger partial charge is 0.416 e. The average Bonchev–Trinajstić information content (AvgIpc) is 2.61. The molecule has 0 aromatic heterocycles. The molecule has 148 valence electrons. The van der Waals surface area contributed by atoms with E-state index < -0.39 is 40.4 Å². The second-order valence-electron chi connectivity index (χ2n) is 6.04. The topological polar surface area (TPSA) is 49.4 Å². The molecule has 0 radical (unpaired) electrons. The van der Waals surface area contributed by atoms with Crippen LogP contribution in [-0.4, -0.2) is 23.6 Å². The third kappa shape index (κ3) is 4.11. The highest BCUT2D eigenvalue weighted by molar-refractivity contribution is 8.00. The zero-order chi connectivity index (χ0) is 20.6. The van der Waals surface area contributed by atoms with Gasteiger partial charge in [-0.25, -0.2) is 8.78 Å². The van der Waals surface area contributed by atoms with Gasteiger partial charge in [0.05, 0.1) is 22.2 Å². The average molecular weight is 416 g/mol. The van der Waals surface area contributed by atoms with Crippen LogP contribution in [0.1, 0.15) is 12.5 Å². The van der Waals surface area contributed by atoms with Crippen LogP contribution in [0.3, 0.4) is 0 Å². The van der Waals surface area contributed by atoms with Crippen LogP contribution < -0.4 is 10.2 Å². The van der Waals surface area contributed by atoms with E-state index in [0.717, 1.165) is 40.9 Å². The zero-order valence-electron chi connectivity index (χ0n) is 14.3. The maximum Gasteiger partial charge on any atom is 0.416 e. The predicted octanol–water partition coefficient (Wildman–Crippen LogP) is 4.45. The lowest BCUT2D eigenvalue weighted by Crippen LogP contribution is -2.45. The van der Waals surface area contributed by atoms with Crippen LogP contribution in [0, 0.1) is 11.6 Å². The maximum atomic E-state index is 13.8. The van der Waals surface area contributed by atoms with Crippen molar-refractivity contribution in [1.29, 1.82) is 0 Å². The Labute approximate surface area is 160 Å². The van der Waals surface area contributed by atoms with E-state index in [1.54, 1.807) is 0 Å². The van der Waals surface area contributed by atoms with Gasteiger partial charge >= 0.3 is 6.18 Å². The molecule has 1 aliphatic heterocycles. The van der Waals surface area contributed by atoms with Crippen molar-refractivity contribution in [3.05, 3.63) is 53.6 Å². The molecule has 28 heavy (non-hydrogen) atoms. The van der Waals surface area contributed by atoms with Gasteiger partial charge in [0.25, 0.3) is 0 Å². The van der Waals surface area contributed by atoms with E-state index in [-0.39, 0.29) is 22.8 Å². The molecular formula is C18H13F5N2O2S. The normalized spacial score (nSPS) is 15.1. The summed E-state index contributed by atoms with van der Waals surface area (Å²) in [5, 5.41) is 1.45. The number of carbonyl (C=O) groups is 2. The Morgan fingerprint density at radius 1 is 1.18 bits per heavy atom. The molecule has 1 heterocycles. The van der Waals surface area contributed by atoms with Gasteiger partial charge < -0.3 is 5.32 Å². The number of alkyl halides is 3. The van der Waals surface area contributed by atoms with Gasteiger partial charge in [0.1, 0.15) is 18.2 Å². The third-order valence-corrected chi connectivity index (χ3v) is 5.14. The first-order valence-corrected chi connectivity index (χ1v) is 8.88. The highest BCUT2D eigenvalue weighted by Gasteiger charge is 2.35. The first-order chi connectivity index (χ1) is 13.1. The summed E-state index contributed by atoms with van der Waals surface area (Å²) in [6, 6.07) is 5.59. The minimum atomic E-state index is -4.60. The fourth-order valence-electron chi connectivity index (χ4n) is 2.69. The number of halogens is 5. The fourth-order valence-corrected chi connectivity index (χ4v) is 3.62. The summed E-state index contributed by atoms with van der Waals surface area (Å²) in [4.78, 5) is 25.7. The number of carbonyl (C=O) groups excluding carboxylic acids is 2. The van der Waals surface area contributed by atoms with Gasteiger partial charge in [-0.2, -0.15) is 13.2 Å². The Hall–Kier alpha value is -2.62. The molecule has 3 rings (SSSR count). The lowest BCUT2D eigenvalue weighted by Gasteiger charge is -2.31. The van der Waals surface area contributed by atoms with Crippen molar-refractivity contribution in [2.75, 3.05) is 16.8 Å². The van der Waals surface area contributed by atoms with Crippen molar-refractivity contribution in [2.45, 2.75) is 23.2 Å². The van der Waals surface area contributed by atoms with E-state index in [1.807, 2.05) is 0 Å². The molecular weight excluding hydrogens is 403 g/mol. The van der Waals surface area contributed by atoms with E-state index in [2.05, 4.69) is 5.32 Å². The van der Waals surface area contributed by atoms with Crippen LogP contribution in [0.15, 0.2) is 41.3 Å². The van der Waals surface area contributed by atoms with Crippen molar-refractivity contribution in [3.63, 3.8) is 0 Å². The van der Waals surface area contributed by atoms with Crippen LogP contribution in [0.2, 0.25) is 0 Å². The summed E-state index contributed by atoms with van der Waals surface area (Å²) in [6.07, 6.45) is -4.60. The Balaban J connectivity index is 1.87. The molecule has 2 aromatic rings. The highest BCUT2D eigenvalue weighted by atomic mass is 32.2. The Morgan fingerprint density at radius 2 is 1.89 bits per heavy atom. The number of hydrogen-bond acceptors (Lipinski definition) is 3. The lowest BCUT2D eigenvalue weighted by atomic mass is 10.1. The quantitative estimate of drug-likeness (QED) is 0.594. The first-order valence-electron chi connectivity index (χ1n) is 8.00. The maximum absolute atomic E-state index is 13.8. The molecule has 2 amide bonds. The fraction of sp³-hybridized carbons (Fsp3) is 0.222. The van der Waals surface area contributed by atoms with E-state index in [0.29, 0.717) is 6.07 Å². The molecule has 0 aliphatic carbocycles. The van der Waals surface area contributed by atoms with Crippen molar-refractivity contribution in [3.8, 4) is 0 Å². The van der Waals surface area contributed by atoms with E-state index in [9.17, 15) is 31.5 Å². The summed E-state index contributed by atoms with van der Waals surface area (Å²) in [5.74, 6) is -2.84. The first kappa shape index (κ1) is 20.1. The number of nitrogens with one attached hydrogen (secondary N) is 1. The number of rotatable bonds is 3. The summed E-state index contributed by atoms with van der Waals surface area (Å²) in [5.41, 5.74) is -0.981. The Kier molecular flexibility index (Phi) is 5.33. The van der Waals surface area contributed by atoms with Crippen molar-refractivity contribution in [2.24, 2.45) is 0 Å². The molecule has 10 heteroatoms. The van der Waals surface area contributed by atoms with E-state index >= 15 is 0 Å². The van der Waals surface area contributed by atoms with Gasteiger partial charge in [0, 0.05) is 11.0 Å². The van der Waals surface area contributed by atoms with Gasteiger partial charge in [0.15, 0.2) is 0 Å². The van der Waals surface area contributed by atoms with Crippen molar-refractivity contribution < 1.29 is 31.5 Å². The molecule has 0 saturated carbocycles. The van der Waals surface area contributed by atoms with Crippen LogP contribution in [0.5, 0.6) is 0 Å². The molecule has 2 aromatic carbocycles. The number of benzene rings is 2. The van der Waals surface area contributed by atoms with Crippen molar-refractivity contribution in [1.82, 2.24) is 0 Å². The van der Waals surface area contributed by atoms with Gasteiger partial charge in [-0.05, 0) is 37.3 Å². The molecule has 1 aliphatic rings. The number of thioether (sulfide) groups is 1. The molecule has 0 spiro atoms. The smallest absolute Gasteiger partial charge is 0.323 e. The van der Waals surface area contributed by atoms with Gasteiger partial charge in [0.2, 0.25) is 11.8 Å².